The van der Waals surface area contributed by atoms with Crippen molar-refractivity contribution in [3.63, 3.8) is 0 Å². The molecule has 6 heteroatoms. The molecule has 0 unspecified atom stereocenters. The van der Waals surface area contributed by atoms with E-state index < -0.39 is 0 Å². The van der Waals surface area contributed by atoms with E-state index in [0.29, 0.717) is 6.61 Å². The lowest BCUT2D eigenvalue weighted by molar-refractivity contribution is 0.181. The van der Waals surface area contributed by atoms with Gasteiger partial charge in [0.1, 0.15) is 0 Å². The van der Waals surface area contributed by atoms with Gasteiger partial charge in [-0.1, -0.05) is 29.8 Å². The van der Waals surface area contributed by atoms with Crippen molar-refractivity contribution in [2.24, 2.45) is 0 Å². The Morgan fingerprint density at radius 2 is 1.65 bits per heavy atom. The van der Waals surface area contributed by atoms with Crippen LogP contribution in [0.3, 0.4) is 0 Å². The number of rotatable bonds is 9. The van der Waals surface area contributed by atoms with Crippen LogP contribution in [0.15, 0.2) is 60.7 Å². The van der Waals surface area contributed by atoms with Gasteiger partial charge >= 0.3 is 0 Å². The van der Waals surface area contributed by atoms with E-state index in [0.717, 1.165) is 62.0 Å². The Morgan fingerprint density at radius 1 is 0.903 bits per heavy atom. The van der Waals surface area contributed by atoms with Crippen molar-refractivity contribution >= 4 is 17.3 Å². The monoisotopic (exact) mass is 438 g/mol. The minimum atomic E-state index is 0.546. The summed E-state index contributed by atoms with van der Waals surface area (Å²) in [5.41, 5.74) is 4.62. The third-order valence-electron chi connectivity index (χ3n) is 5.85. The number of ether oxygens (including phenoxy) is 1. The summed E-state index contributed by atoms with van der Waals surface area (Å²) in [6.07, 6.45) is 3.37. The maximum Gasteiger partial charge on any atom is 0.0902 e. The topological polar surface area (TPSA) is 33.5 Å². The summed E-state index contributed by atoms with van der Waals surface area (Å²) in [6, 6.07) is 20.7. The molecule has 0 amide bonds. The van der Waals surface area contributed by atoms with Crippen molar-refractivity contribution in [1.82, 2.24) is 14.7 Å². The van der Waals surface area contributed by atoms with Gasteiger partial charge in [-0.2, -0.15) is 5.10 Å². The molecule has 0 radical (unpaired) electrons. The van der Waals surface area contributed by atoms with Crippen LogP contribution in [-0.2, 0) is 17.8 Å². The number of hydrogen-bond donors (Lipinski definition) is 0. The van der Waals surface area contributed by atoms with E-state index in [1.54, 1.807) is 7.11 Å². The first-order chi connectivity index (χ1) is 15.2. The first-order valence-corrected chi connectivity index (χ1v) is 11.5. The summed E-state index contributed by atoms with van der Waals surface area (Å²) >= 11 is 6.01. The lowest BCUT2D eigenvalue weighted by Gasteiger charge is -2.36. The highest BCUT2D eigenvalue weighted by Gasteiger charge is 2.17. The zero-order valence-corrected chi connectivity index (χ0v) is 19.0. The van der Waals surface area contributed by atoms with E-state index in [1.165, 1.54) is 17.8 Å². The Labute approximate surface area is 190 Å². The fourth-order valence-corrected chi connectivity index (χ4v) is 4.31. The second-order valence-corrected chi connectivity index (χ2v) is 8.51. The lowest BCUT2D eigenvalue weighted by atomic mass is 10.1. The van der Waals surface area contributed by atoms with Crippen molar-refractivity contribution < 1.29 is 4.74 Å². The number of para-hydroxylation sites is 1. The Balaban J connectivity index is 1.25. The number of halogens is 1. The molecule has 0 spiro atoms. The van der Waals surface area contributed by atoms with Crippen LogP contribution < -0.4 is 4.90 Å². The van der Waals surface area contributed by atoms with Gasteiger partial charge in [0.05, 0.1) is 18.0 Å². The summed E-state index contributed by atoms with van der Waals surface area (Å²) in [4.78, 5) is 5.03. The maximum atomic E-state index is 6.01. The molecule has 2 heterocycles. The third kappa shape index (κ3) is 5.88. The number of benzene rings is 2. The smallest absolute Gasteiger partial charge is 0.0902 e. The van der Waals surface area contributed by atoms with E-state index in [4.69, 9.17) is 21.4 Å². The predicted molar refractivity (Wildman–Crippen MR) is 127 cm³/mol. The van der Waals surface area contributed by atoms with Crippen molar-refractivity contribution in [3.05, 3.63) is 77.1 Å². The Hall–Kier alpha value is -2.34. The van der Waals surface area contributed by atoms with Gasteiger partial charge in [-0.25, -0.2) is 4.68 Å². The van der Waals surface area contributed by atoms with Gasteiger partial charge in [0, 0.05) is 49.7 Å². The van der Waals surface area contributed by atoms with E-state index in [9.17, 15) is 0 Å². The Kier molecular flexibility index (Phi) is 7.62. The average Bonchev–Trinajstić information content (AvgIpc) is 3.21. The SMILES string of the molecule is COCc1cc(CCCCN2CCN(c3ccc(Cl)cc3)CC2)n(-c2ccccc2)n1. The van der Waals surface area contributed by atoms with Crippen LogP contribution in [-0.4, -0.2) is 54.5 Å². The molecule has 1 saturated heterocycles. The third-order valence-corrected chi connectivity index (χ3v) is 6.10. The molecule has 3 aromatic rings. The minimum Gasteiger partial charge on any atom is -0.378 e. The fourth-order valence-electron chi connectivity index (χ4n) is 4.19. The number of nitrogens with zero attached hydrogens (tertiary/aromatic N) is 4. The van der Waals surface area contributed by atoms with Crippen LogP contribution in [0.1, 0.15) is 24.2 Å². The molecule has 31 heavy (non-hydrogen) atoms. The van der Waals surface area contributed by atoms with E-state index in [1.807, 2.05) is 18.2 Å². The molecule has 2 aromatic carbocycles. The second-order valence-electron chi connectivity index (χ2n) is 8.07. The van der Waals surface area contributed by atoms with Crippen LogP contribution in [0, 0.1) is 0 Å². The van der Waals surface area contributed by atoms with Crippen molar-refractivity contribution in [2.45, 2.75) is 25.9 Å². The standard InChI is InChI=1S/C25H31ClN4O/c1-31-20-22-19-25(30(27-22)24-7-3-2-4-8-24)9-5-6-14-28-15-17-29(18-16-28)23-12-10-21(26)11-13-23/h2-4,7-8,10-13,19H,5-6,9,14-18,20H2,1H3. The predicted octanol–water partition coefficient (Wildman–Crippen LogP) is 4.82. The van der Waals surface area contributed by atoms with Crippen LogP contribution in [0.4, 0.5) is 5.69 Å². The van der Waals surface area contributed by atoms with Gasteiger partial charge in [0.25, 0.3) is 0 Å². The number of aryl methyl sites for hydroxylation is 1. The maximum absolute atomic E-state index is 6.01. The highest BCUT2D eigenvalue weighted by atomic mass is 35.5. The molecular formula is C25H31ClN4O. The molecule has 5 nitrogen and oxygen atoms in total. The average molecular weight is 439 g/mol. The normalized spacial score (nSPS) is 14.8. The molecule has 164 valence electrons. The first-order valence-electron chi connectivity index (χ1n) is 11.1. The van der Waals surface area contributed by atoms with Crippen LogP contribution in [0.2, 0.25) is 5.02 Å². The summed E-state index contributed by atoms with van der Waals surface area (Å²) in [6.45, 7) is 6.07. The Bertz CT molecular complexity index is 934. The minimum absolute atomic E-state index is 0.546. The highest BCUT2D eigenvalue weighted by Crippen LogP contribution is 2.20. The number of hydrogen-bond acceptors (Lipinski definition) is 4. The molecule has 1 aliphatic rings. The van der Waals surface area contributed by atoms with Gasteiger partial charge in [-0.3, -0.25) is 4.90 Å². The number of unbranched alkanes of at least 4 members (excludes halogenated alkanes) is 1. The van der Waals surface area contributed by atoms with Crippen LogP contribution in [0.25, 0.3) is 5.69 Å². The van der Waals surface area contributed by atoms with Crippen LogP contribution in [0.5, 0.6) is 0 Å². The van der Waals surface area contributed by atoms with Gasteiger partial charge < -0.3 is 9.64 Å². The van der Waals surface area contributed by atoms with Crippen molar-refractivity contribution in [3.8, 4) is 5.69 Å². The molecule has 4 rings (SSSR count). The van der Waals surface area contributed by atoms with E-state index >= 15 is 0 Å². The molecule has 0 saturated carbocycles. The van der Waals surface area contributed by atoms with Crippen molar-refractivity contribution in [1.29, 1.82) is 0 Å². The summed E-state index contributed by atoms with van der Waals surface area (Å²) in [7, 11) is 1.72. The van der Waals surface area contributed by atoms with E-state index in [2.05, 4.69) is 56.9 Å². The molecular weight excluding hydrogens is 408 g/mol. The molecule has 0 N–H and O–H groups in total. The second kappa shape index (κ2) is 10.8. The number of anilines is 1. The zero-order valence-electron chi connectivity index (χ0n) is 18.2. The summed E-state index contributed by atoms with van der Waals surface area (Å²) < 4.78 is 7.36. The van der Waals surface area contributed by atoms with Gasteiger partial charge in [-0.15, -0.1) is 0 Å². The molecule has 0 atom stereocenters. The quantitative estimate of drug-likeness (QED) is 0.448. The molecule has 0 aliphatic carbocycles. The highest BCUT2D eigenvalue weighted by molar-refractivity contribution is 6.30. The van der Waals surface area contributed by atoms with Gasteiger partial charge in [0.15, 0.2) is 0 Å². The van der Waals surface area contributed by atoms with Gasteiger partial charge in [-0.05, 0) is 68.3 Å². The summed E-state index contributed by atoms with van der Waals surface area (Å²) in [5, 5.41) is 5.55. The van der Waals surface area contributed by atoms with E-state index in [-0.39, 0.29) is 0 Å². The molecule has 1 aliphatic heterocycles. The lowest BCUT2D eigenvalue weighted by Crippen LogP contribution is -2.46. The number of piperazine rings is 1. The van der Waals surface area contributed by atoms with Crippen molar-refractivity contribution in [2.75, 3.05) is 44.7 Å². The fraction of sp³-hybridized carbons (Fsp3) is 0.400. The number of methoxy groups -OCH3 is 1. The molecule has 1 fully saturated rings. The first kappa shape index (κ1) is 21.9. The van der Waals surface area contributed by atoms with Gasteiger partial charge in [0.2, 0.25) is 0 Å². The molecule has 0 bridgehead atoms. The van der Waals surface area contributed by atoms with Crippen LogP contribution >= 0.6 is 11.6 Å². The largest absolute Gasteiger partial charge is 0.378 e. The summed E-state index contributed by atoms with van der Waals surface area (Å²) in [5.74, 6) is 0. The molecule has 1 aromatic heterocycles. The zero-order chi connectivity index (χ0) is 21.5. The Morgan fingerprint density at radius 3 is 2.35 bits per heavy atom. The number of aromatic nitrogens is 2.